The molecule has 0 unspecified atom stereocenters. The van der Waals surface area contributed by atoms with Gasteiger partial charge in [-0.25, -0.2) is 0 Å². The largest absolute Gasteiger partial charge is 0.389 e. The molecule has 0 aliphatic carbocycles. The van der Waals surface area contributed by atoms with Crippen molar-refractivity contribution in [3.63, 3.8) is 0 Å². The Morgan fingerprint density at radius 3 is 2.48 bits per heavy atom. The van der Waals surface area contributed by atoms with Crippen LogP contribution in [0.2, 0.25) is 0 Å². The average molecular weight is 314 g/mol. The molecule has 124 valence electrons. The van der Waals surface area contributed by atoms with Crippen LogP contribution in [0.1, 0.15) is 5.56 Å². The molecule has 1 heterocycles. The maximum absolute atomic E-state index is 9.84. The number of hydrogen-bond acceptors (Lipinski definition) is 4. The number of β-amino-alcohol motifs (C(OH)–C–C–N with tert-alkyl or cyclic N) is 1. The van der Waals surface area contributed by atoms with Crippen LogP contribution in [-0.2, 0) is 11.3 Å². The zero-order valence-corrected chi connectivity index (χ0v) is 13.8. The predicted octanol–water partition coefficient (Wildman–Crippen LogP) is 1.96. The van der Waals surface area contributed by atoms with E-state index in [4.69, 9.17) is 4.74 Å². The molecular formula is C19H26N2O2. The van der Waals surface area contributed by atoms with Crippen molar-refractivity contribution in [1.29, 1.82) is 0 Å². The maximum Gasteiger partial charge on any atom is 0.0900 e. The fourth-order valence-corrected chi connectivity index (χ4v) is 3.34. The number of fused-ring (bicyclic) bond motifs is 1. The lowest BCUT2D eigenvalue weighted by Gasteiger charge is -2.35. The van der Waals surface area contributed by atoms with Crippen LogP contribution in [-0.4, -0.2) is 67.5 Å². The third-order valence-electron chi connectivity index (χ3n) is 4.57. The second-order valence-electron chi connectivity index (χ2n) is 6.32. The Kier molecular flexibility index (Phi) is 5.62. The summed E-state index contributed by atoms with van der Waals surface area (Å²) in [6, 6.07) is 15.1. The standard InChI is InChI=1S/C19H26N2O2/c1-23-15-18(22)14-21-11-9-20(10-12-21)13-17-7-4-6-16-5-2-3-8-19(16)17/h2-8,18,22H,9-15H2,1H3/t18-/m1/s1. The van der Waals surface area contributed by atoms with Crippen LogP contribution in [0.5, 0.6) is 0 Å². The van der Waals surface area contributed by atoms with Crippen molar-refractivity contribution in [3.05, 3.63) is 48.0 Å². The van der Waals surface area contributed by atoms with Gasteiger partial charge < -0.3 is 9.84 Å². The van der Waals surface area contributed by atoms with E-state index in [9.17, 15) is 5.11 Å². The van der Waals surface area contributed by atoms with Crippen LogP contribution in [0.4, 0.5) is 0 Å². The van der Waals surface area contributed by atoms with E-state index in [2.05, 4.69) is 52.3 Å². The van der Waals surface area contributed by atoms with Gasteiger partial charge in [0.25, 0.3) is 0 Å². The first-order valence-electron chi connectivity index (χ1n) is 8.34. The molecular weight excluding hydrogens is 288 g/mol. The van der Waals surface area contributed by atoms with Crippen LogP contribution >= 0.6 is 0 Å². The smallest absolute Gasteiger partial charge is 0.0900 e. The number of rotatable bonds is 6. The minimum absolute atomic E-state index is 0.385. The molecule has 0 aromatic heterocycles. The van der Waals surface area contributed by atoms with E-state index >= 15 is 0 Å². The van der Waals surface area contributed by atoms with Gasteiger partial charge >= 0.3 is 0 Å². The summed E-state index contributed by atoms with van der Waals surface area (Å²) in [4.78, 5) is 4.82. The minimum Gasteiger partial charge on any atom is -0.389 e. The minimum atomic E-state index is -0.385. The molecule has 4 heteroatoms. The highest BCUT2D eigenvalue weighted by Gasteiger charge is 2.19. The zero-order valence-electron chi connectivity index (χ0n) is 13.8. The summed E-state index contributed by atoms with van der Waals surface area (Å²) < 4.78 is 5.00. The number of ether oxygens (including phenoxy) is 1. The molecule has 1 N–H and O–H groups in total. The van der Waals surface area contributed by atoms with E-state index in [1.54, 1.807) is 7.11 Å². The van der Waals surface area contributed by atoms with E-state index in [0.717, 1.165) is 32.7 Å². The van der Waals surface area contributed by atoms with Gasteiger partial charge in [-0.2, -0.15) is 0 Å². The van der Waals surface area contributed by atoms with E-state index in [1.807, 2.05) is 0 Å². The first kappa shape index (κ1) is 16.4. The molecule has 2 aromatic carbocycles. The zero-order chi connectivity index (χ0) is 16.1. The quantitative estimate of drug-likeness (QED) is 0.884. The Hall–Kier alpha value is -1.46. The fourth-order valence-electron chi connectivity index (χ4n) is 3.34. The third kappa shape index (κ3) is 4.30. The molecule has 0 spiro atoms. The summed E-state index contributed by atoms with van der Waals surface area (Å²) in [5, 5.41) is 12.5. The number of benzene rings is 2. The monoisotopic (exact) mass is 314 g/mol. The first-order chi connectivity index (χ1) is 11.3. The van der Waals surface area contributed by atoms with Gasteiger partial charge in [0.2, 0.25) is 0 Å². The lowest BCUT2D eigenvalue weighted by atomic mass is 10.0. The molecule has 0 saturated carbocycles. The van der Waals surface area contributed by atoms with Crippen LogP contribution in [0, 0.1) is 0 Å². The summed E-state index contributed by atoms with van der Waals surface area (Å²) in [6.45, 7) is 6.21. The number of aliphatic hydroxyl groups excluding tert-OH is 1. The highest BCUT2D eigenvalue weighted by Crippen LogP contribution is 2.20. The van der Waals surface area contributed by atoms with Crippen LogP contribution < -0.4 is 0 Å². The molecule has 1 atom stereocenters. The molecule has 0 radical (unpaired) electrons. The molecule has 1 aliphatic heterocycles. The molecule has 0 bridgehead atoms. The number of piperazine rings is 1. The first-order valence-corrected chi connectivity index (χ1v) is 8.34. The van der Waals surface area contributed by atoms with E-state index in [-0.39, 0.29) is 6.10 Å². The van der Waals surface area contributed by atoms with Crippen molar-refractivity contribution in [2.75, 3.05) is 46.4 Å². The van der Waals surface area contributed by atoms with Gasteiger partial charge in [0.15, 0.2) is 0 Å². The Morgan fingerprint density at radius 1 is 1.00 bits per heavy atom. The van der Waals surface area contributed by atoms with Crippen LogP contribution in [0.3, 0.4) is 0 Å². The van der Waals surface area contributed by atoms with Gasteiger partial charge in [-0.05, 0) is 16.3 Å². The van der Waals surface area contributed by atoms with Crippen molar-refractivity contribution in [1.82, 2.24) is 9.80 Å². The Morgan fingerprint density at radius 2 is 1.70 bits per heavy atom. The van der Waals surface area contributed by atoms with Crippen molar-refractivity contribution in [2.45, 2.75) is 12.6 Å². The molecule has 23 heavy (non-hydrogen) atoms. The summed E-state index contributed by atoms with van der Waals surface area (Å²) in [5.74, 6) is 0. The Labute approximate surface area is 138 Å². The van der Waals surface area contributed by atoms with Crippen molar-refractivity contribution < 1.29 is 9.84 Å². The van der Waals surface area contributed by atoms with Gasteiger partial charge in [-0.3, -0.25) is 9.80 Å². The lowest BCUT2D eigenvalue weighted by Crippen LogP contribution is -2.48. The maximum atomic E-state index is 9.84. The lowest BCUT2D eigenvalue weighted by molar-refractivity contribution is 0.0231. The third-order valence-corrected chi connectivity index (χ3v) is 4.57. The molecule has 2 aromatic rings. The molecule has 3 rings (SSSR count). The summed E-state index contributed by atoms with van der Waals surface area (Å²) >= 11 is 0. The molecule has 1 aliphatic rings. The molecule has 1 saturated heterocycles. The van der Waals surface area contributed by atoms with Gasteiger partial charge in [0, 0.05) is 46.4 Å². The second-order valence-corrected chi connectivity index (χ2v) is 6.32. The van der Waals surface area contributed by atoms with E-state index < -0.39 is 0 Å². The molecule has 4 nitrogen and oxygen atoms in total. The summed E-state index contributed by atoms with van der Waals surface area (Å²) in [5.41, 5.74) is 1.40. The number of methoxy groups -OCH3 is 1. The Bertz CT molecular complexity index is 618. The van der Waals surface area contributed by atoms with E-state index in [0.29, 0.717) is 13.2 Å². The van der Waals surface area contributed by atoms with E-state index in [1.165, 1.54) is 16.3 Å². The Balaban J connectivity index is 1.56. The van der Waals surface area contributed by atoms with Crippen LogP contribution in [0.25, 0.3) is 10.8 Å². The van der Waals surface area contributed by atoms with Crippen molar-refractivity contribution >= 4 is 10.8 Å². The fraction of sp³-hybridized carbons (Fsp3) is 0.474. The van der Waals surface area contributed by atoms with Gasteiger partial charge in [0.05, 0.1) is 12.7 Å². The van der Waals surface area contributed by atoms with Crippen molar-refractivity contribution in [2.24, 2.45) is 0 Å². The van der Waals surface area contributed by atoms with Gasteiger partial charge in [-0.15, -0.1) is 0 Å². The van der Waals surface area contributed by atoms with Crippen LogP contribution in [0.15, 0.2) is 42.5 Å². The normalized spacial score (nSPS) is 18.3. The molecule has 0 amide bonds. The van der Waals surface area contributed by atoms with Gasteiger partial charge in [0.1, 0.15) is 0 Å². The number of aliphatic hydroxyl groups is 1. The number of hydrogen-bond donors (Lipinski definition) is 1. The molecule has 1 fully saturated rings. The summed E-state index contributed by atoms with van der Waals surface area (Å²) in [6.07, 6.45) is -0.385. The summed E-state index contributed by atoms with van der Waals surface area (Å²) in [7, 11) is 1.63. The highest BCUT2D eigenvalue weighted by atomic mass is 16.5. The second kappa shape index (κ2) is 7.88. The average Bonchev–Trinajstić information content (AvgIpc) is 2.57. The van der Waals surface area contributed by atoms with Gasteiger partial charge in [-0.1, -0.05) is 42.5 Å². The topological polar surface area (TPSA) is 35.9 Å². The SMILES string of the molecule is COC[C@H](O)CN1CCN(Cc2cccc3ccccc23)CC1. The highest BCUT2D eigenvalue weighted by molar-refractivity contribution is 5.85. The predicted molar refractivity (Wildman–Crippen MR) is 93.5 cm³/mol. The van der Waals surface area contributed by atoms with Crippen molar-refractivity contribution in [3.8, 4) is 0 Å². The number of nitrogens with zero attached hydrogens (tertiary/aromatic N) is 2.